The van der Waals surface area contributed by atoms with Crippen LogP contribution in [0.5, 0.6) is 0 Å². The molecule has 0 radical (unpaired) electrons. The van der Waals surface area contributed by atoms with Gasteiger partial charge in [0.2, 0.25) is 0 Å². The Morgan fingerprint density at radius 3 is 2.04 bits per heavy atom. The lowest BCUT2D eigenvalue weighted by Gasteiger charge is -2.50. The van der Waals surface area contributed by atoms with E-state index in [4.69, 9.17) is 62.7 Å². The summed E-state index contributed by atoms with van der Waals surface area (Å²) >= 11 is 0. The van der Waals surface area contributed by atoms with Crippen molar-refractivity contribution in [3.8, 4) is 0 Å². The molecule has 4 aliphatic rings. The van der Waals surface area contributed by atoms with E-state index < -0.39 is 196 Å². The van der Waals surface area contributed by atoms with Crippen LogP contribution in [-0.4, -0.2) is 271 Å². The standard InChI is InChI=1S/C39H63NO15.C12H22O12/c1-21-18-27(16-17-41)35(36(48-10)29(52-25(5)42)19-30(45)49-22(2)14-12-11-13-15-28(21)44)55-38-33(46)32(40(8)9)34(23(3)51-38)54-31-20-39(7,47)37(24(4)50-31)53-26(6)43;13-1-3(15)10(7(18)8(19)11(21)22)24-12-9(20)6(17)5(16)4(2-14)23-12/h11-13,15,17,21-24,27-29,31-38,44,46-47H,14,16,18-20H2,1-10H3;3-10,12-20H,1-2H2,(H,21,22)/b12-11+,15-13+;/t21-,22-,23-,24+,27+,28+,29+,31+,32-,33-,34-,35+,36+,37+,38?,39-;3-,4-,5+,6+,7-,8-,9-,10-,12+/m11/s1. The fraction of sp³-hybridized carbons (Fsp3) is 0.824. The SMILES string of the molecule is CO[C@@H]1[C@@H](OC2O[C@H](C)[C@@H](O[C@H]3C[C@@](C)(O)[C@@H](OC(C)=O)[C@H](C)O3)[C@H](N(C)C)[C@H]2O)[C@@H](CC=O)C[C@@H](C)[C@@H](O)/C=C/C=C/C[C@@H](C)OC(=O)C[C@@H]1OC(C)=O.O=C(O)[C@H](O)[C@@H](O)[C@H](O[C@@H]1O[C@H](CO)[C@H](O)[C@H](O)[C@H]1O)[C@H](O)CO. The lowest BCUT2D eigenvalue weighted by atomic mass is 9.82. The average molecular weight is 1140 g/mol. The summed E-state index contributed by atoms with van der Waals surface area (Å²) in [5, 5.41) is 119. The number of nitrogens with zero attached hydrogens (tertiary/aromatic N) is 1. The number of carbonyl (C=O) groups excluding carboxylic acids is 4. The second-order valence-electron chi connectivity index (χ2n) is 20.8. The van der Waals surface area contributed by atoms with Crippen LogP contribution in [0, 0.1) is 11.8 Å². The Morgan fingerprint density at radius 2 is 1.49 bits per heavy atom. The summed E-state index contributed by atoms with van der Waals surface area (Å²) in [5.74, 6) is -4.85. The lowest BCUT2D eigenvalue weighted by molar-refractivity contribution is -0.344. The molecule has 4 aliphatic heterocycles. The first-order valence-corrected chi connectivity index (χ1v) is 26.0. The molecule has 4 heterocycles. The van der Waals surface area contributed by atoms with Gasteiger partial charge in [0, 0.05) is 40.2 Å². The van der Waals surface area contributed by atoms with Crippen LogP contribution < -0.4 is 0 Å². The number of carbonyl (C=O) groups is 5. The Kier molecular flexibility index (Phi) is 28.3. The van der Waals surface area contributed by atoms with Gasteiger partial charge in [0.15, 0.2) is 31.1 Å². The number of carboxylic acid groups (broad SMARTS) is 1. The zero-order valence-corrected chi connectivity index (χ0v) is 46.1. The molecule has 0 aromatic rings. The topological polar surface area (TPSA) is 424 Å². The molecule has 0 aliphatic carbocycles. The molecule has 0 spiro atoms. The van der Waals surface area contributed by atoms with E-state index in [2.05, 4.69) is 0 Å². The van der Waals surface area contributed by atoms with Crippen LogP contribution in [0.4, 0.5) is 0 Å². The van der Waals surface area contributed by atoms with E-state index >= 15 is 0 Å². The maximum atomic E-state index is 13.2. The number of methoxy groups -OCH3 is 1. The van der Waals surface area contributed by atoms with Crippen LogP contribution in [0.3, 0.4) is 0 Å². The average Bonchev–Trinajstić information content (AvgIpc) is 3.43. The van der Waals surface area contributed by atoms with Gasteiger partial charge in [-0.25, -0.2) is 4.79 Å². The van der Waals surface area contributed by atoms with Crippen molar-refractivity contribution in [3.05, 3.63) is 24.3 Å². The molecule has 1 unspecified atom stereocenters. The highest BCUT2D eigenvalue weighted by Gasteiger charge is 2.53. The molecule has 3 fully saturated rings. The number of carboxylic acids is 1. The van der Waals surface area contributed by atoms with E-state index in [1.165, 1.54) is 27.9 Å². The summed E-state index contributed by atoms with van der Waals surface area (Å²) in [6.45, 7) is 9.14. The second-order valence-corrected chi connectivity index (χ2v) is 20.8. The maximum Gasteiger partial charge on any atom is 0.335 e. The number of rotatable bonds is 18. The molecule has 4 rings (SSSR count). The van der Waals surface area contributed by atoms with Crippen molar-refractivity contribution in [2.24, 2.45) is 11.8 Å². The largest absolute Gasteiger partial charge is 0.479 e. The van der Waals surface area contributed by atoms with Crippen molar-refractivity contribution in [3.63, 3.8) is 0 Å². The van der Waals surface area contributed by atoms with Gasteiger partial charge in [-0.1, -0.05) is 31.2 Å². The molecule has 12 N–H and O–H groups in total. The smallest absolute Gasteiger partial charge is 0.335 e. The molecule has 0 aromatic carbocycles. The van der Waals surface area contributed by atoms with Crippen LogP contribution >= 0.6 is 0 Å². The number of cyclic esters (lactones) is 1. The first-order valence-electron chi connectivity index (χ1n) is 26.0. The van der Waals surface area contributed by atoms with Crippen LogP contribution in [0.2, 0.25) is 0 Å². The van der Waals surface area contributed by atoms with Gasteiger partial charge in [-0.3, -0.25) is 14.4 Å². The monoisotopic (exact) mass is 1140 g/mol. The number of aldehydes is 1. The van der Waals surface area contributed by atoms with E-state index in [1.807, 2.05) is 6.92 Å². The van der Waals surface area contributed by atoms with Crippen LogP contribution in [0.15, 0.2) is 24.3 Å². The van der Waals surface area contributed by atoms with Crippen LogP contribution in [0.25, 0.3) is 0 Å². The summed E-state index contributed by atoms with van der Waals surface area (Å²) in [6.07, 6.45) is -21.2. The summed E-state index contributed by atoms with van der Waals surface area (Å²) < 4.78 is 57.9. The summed E-state index contributed by atoms with van der Waals surface area (Å²) in [6, 6.07) is -0.778. The van der Waals surface area contributed by atoms with Gasteiger partial charge >= 0.3 is 23.9 Å². The highest BCUT2D eigenvalue weighted by atomic mass is 16.7. The minimum atomic E-state index is -2.39. The normalized spacial score (nSPS) is 40.3. The summed E-state index contributed by atoms with van der Waals surface area (Å²) in [4.78, 5) is 62.0. The second kappa shape index (κ2) is 32.2. The number of aliphatic hydroxyl groups excluding tert-OH is 10. The third-order valence-corrected chi connectivity index (χ3v) is 14.0. The molecule has 3 saturated heterocycles. The van der Waals surface area contributed by atoms with Crippen LogP contribution in [0.1, 0.15) is 80.6 Å². The molecule has 0 aromatic heterocycles. The van der Waals surface area contributed by atoms with Gasteiger partial charge < -0.3 is 118 Å². The molecule has 0 amide bonds. The highest BCUT2D eigenvalue weighted by molar-refractivity contribution is 5.73. The lowest BCUT2D eigenvalue weighted by Crippen LogP contribution is -2.66. The van der Waals surface area contributed by atoms with Crippen molar-refractivity contribution in [2.45, 2.75) is 221 Å². The predicted molar refractivity (Wildman–Crippen MR) is 267 cm³/mol. The number of aliphatic carboxylic acids is 1. The Balaban J connectivity index is 0.000000569. The minimum Gasteiger partial charge on any atom is -0.479 e. The molecule has 456 valence electrons. The first-order chi connectivity index (χ1) is 36.9. The number of esters is 3. The van der Waals surface area contributed by atoms with Gasteiger partial charge in [0.05, 0.1) is 50.1 Å². The number of allylic oxidation sites excluding steroid dienone is 2. The molecule has 28 nitrogen and oxygen atoms in total. The quantitative estimate of drug-likeness (QED) is 0.0357. The molecular formula is C51H85NO27. The molecular weight excluding hydrogens is 1060 g/mol. The fourth-order valence-corrected chi connectivity index (χ4v) is 9.90. The summed E-state index contributed by atoms with van der Waals surface area (Å²) in [5.41, 5.74) is -1.49. The summed E-state index contributed by atoms with van der Waals surface area (Å²) in [7, 11) is 4.84. The Bertz CT molecular complexity index is 1960. The fourth-order valence-electron chi connectivity index (χ4n) is 9.90. The van der Waals surface area contributed by atoms with Crippen molar-refractivity contribution in [1.29, 1.82) is 0 Å². The van der Waals surface area contributed by atoms with Crippen molar-refractivity contribution >= 4 is 30.2 Å². The molecule has 0 bridgehead atoms. The van der Waals surface area contributed by atoms with E-state index in [-0.39, 0.29) is 19.3 Å². The van der Waals surface area contributed by atoms with E-state index in [9.17, 15) is 69.9 Å². The third-order valence-electron chi connectivity index (χ3n) is 14.0. The van der Waals surface area contributed by atoms with Gasteiger partial charge in [0.25, 0.3) is 0 Å². The highest BCUT2D eigenvalue weighted by Crippen LogP contribution is 2.38. The van der Waals surface area contributed by atoms with E-state index in [0.29, 0.717) is 12.7 Å². The molecule has 0 saturated carbocycles. The van der Waals surface area contributed by atoms with E-state index in [0.717, 1.165) is 0 Å². The Morgan fingerprint density at radius 1 is 0.848 bits per heavy atom. The molecule has 25 atom stereocenters. The Hall–Kier alpha value is -3.73. The zero-order chi connectivity index (χ0) is 59.8. The van der Waals surface area contributed by atoms with Gasteiger partial charge in [-0.05, 0) is 60.0 Å². The number of hydrogen-bond acceptors (Lipinski definition) is 27. The Labute approximate surface area is 458 Å². The number of ether oxygens (including phenoxy) is 10. The van der Waals surface area contributed by atoms with Gasteiger partial charge in [0.1, 0.15) is 85.1 Å². The minimum absolute atomic E-state index is 0.0477. The van der Waals surface area contributed by atoms with Crippen LogP contribution in [-0.2, 0) is 71.3 Å². The van der Waals surface area contributed by atoms with Crippen molar-refractivity contribution in [1.82, 2.24) is 4.90 Å². The van der Waals surface area contributed by atoms with Crippen molar-refractivity contribution < 1.29 is 133 Å². The number of hydrogen-bond donors (Lipinski definition) is 12. The predicted octanol–water partition coefficient (Wildman–Crippen LogP) is -3.68. The number of aliphatic hydroxyl groups is 11. The van der Waals surface area contributed by atoms with Gasteiger partial charge in [-0.2, -0.15) is 0 Å². The molecule has 79 heavy (non-hydrogen) atoms. The first kappa shape index (κ1) is 69.5. The zero-order valence-electron chi connectivity index (χ0n) is 46.1. The maximum absolute atomic E-state index is 13.2. The van der Waals surface area contributed by atoms with E-state index in [1.54, 1.807) is 64.1 Å². The molecule has 28 heteroatoms. The van der Waals surface area contributed by atoms with Gasteiger partial charge in [-0.15, -0.1) is 0 Å². The third kappa shape index (κ3) is 19.7. The van der Waals surface area contributed by atoms with Crippen molar-refractivity contribution in [2.75, 3.05) is 34.4 Å². The number of likely N-dealkylation sites (N-methyl/N-ethyl adjacent to an activating group) is 1.